The topological polar surface area (TPSA) is 84.0 Å². The molecule has 6 nitrogen and oxygen atoms in total. The van der Waals surface area contributed by atoms with Crippen molar-refractivity contribution in [2.45, 2.75) is 38.6 Å². The Morgan fingerprint density at radius 2 is 1.64 bits per heavy atom. The third-order valence-corrected chi connectivity index (χ3v) is 4.47. The SMILES string of the molecule is Cc1ccc(C)c(S(=O)(=O)Nc2ccc(NC(C)C)nn2)c1. The standard InChI is InChI=1S/C15H20N4O2S/c1-10(2)16-14-7-8-15(18-17-14)19-22(20,21)13-9-11(3)5-6-12(13)4/h5-10H,1-4H3,(H,16,17)(H,18,19). The van der Waals surface area contributed by atoms with Crippen LogP contribution >= 0.6 is 0 Å². The molecule has 118 valence electrons. The summed E-state index contributed by atoms with van der Waals surface area (Å²) in [5, 5.41) is 10.9. The molecular weight excluding hydrogens is 300 g/mol. The van der Waals surface area contributed by atoms with Gasteiger partial charge in [0.2, 0.25) is 0 Å². The molecular formula is C15H20N4O2S. The van der Waals surface area contributed by atoms with E-state index in [9.17, 15) is 8.42 Å². The Balaban J connectivity index is 2.23. The van der Waals surface area contributed by atoms with E-state index < -0.39 is 10.0 Å². The Kier molecular flexibility index (Phi) is 4.65. The van der Waals surface area contributed by atoms with Crippen LogP contribution in [0, 0.1) is 13.8 Å². The van der Waals surface area contributed by atoms with Crippen LogP contribution in [0.4, 0.5) is 11.6 Å². The molecule has 0 amide bonds. The van der Waals surface area contributed by atoms with Gasteiger partial charge in [0.05, 0.1) is 4.90 Å². The van der Waals surface area contributed by atoms with Crippen LogP contribution in [0.1, 0.15) is 25.0 Å². The van der Waals surface area contributed by atoms with Gasteiger partial charge in [-0.25, -0.2) is 8.42 Å². The Bertz CT molecular complexity index is 756. The molecule has 0 bridgehead atoms. The van der Waals surface area contributed by atoms with E-state index in [1.54, 1.807) is 31.2 Å². The zero-order valence-electron chi connectivity index (χ0n) is 13.1. The molecule has 2 aromatic rings. The van der Waals surface area contributed by atoms with Crippen molar-refractivity contribution in [3.8, 4) is 0 Å². The number of aromatic nitrogens is 2. The zero-order valence-corrected chi connectivity index (χ0v) is 13.9. The third-order valence-electron chi connectivity index (χ3n) is 2.97. The Labute approximate surface area is 131 Å². The second-order valence-electron chi connectivity index (χ2n) is 5.48. The summed E-state index contributed by atoms with van der Waals surface area (Å²) in [6.45, 7) is 7.58. The fraction of sp³-hybridized carbons (Fsp3) is 0.333. The van der Waals surface area contributed by atoms with Crippen molar-refractivity contribution in [3.05, 3.63) is 41.5 Å². The number of rotatable bonds is 5. The first-order valence-corrected chi connectivity index (χ1v) is 8.46. The molecule has 0 radical (unpaired) electrons. The minimum Gasteiger partial charge on any atom is -0.366 e. The van der Waals surface area contributed by atoms with Crippen LogP contribution < -0.4 is 10.0 Å². The summed E-state index contributed by atoms with van der Waals surface area (Å²) >= 11 is 0. The lowest BCUT2D eigenvalue weighted by atomic mass is 10.2. The second kappa shape index (κ2) is 6.31. The lowest BCUT2D eigenvalue weighted by Gasteiger charge is -2.11. The van der Waals surface area contributed by atoms with Crippen molar-refractivity contribution in [1.82, 2.24) is 10.2 Å². The molecule has 0 aliphatic heterocycles. The highest BCUT2D eigenvalue weighted by molar-refractivity contribution is 7.92. The first-order chi connectivity index (χ1) is 10.3. The van der Waals surface area contributed by atoms with Gasteiger partial charge < -0.3 is 5.32 Å². The van der Waals surface area contributed by atoms with Gasteiger partial charge in [0.1, 0.15) is 5.82 Å². The Morgan fingerprint density at radius 3 is 2.23 bits per heavy atom. The lowest BCUT2D eigenvalue weighted by molar-refractivity contribution is 0.600. The van der Waals surface area contributed by atoms with E-state index in [0.29, 0.717) is 11.4 Å². The average molecular weight is 320 g/mol. The maximum Gasteiger partial charge on any atom is 0.263 e. The van der Waals surface area contributed by atoms with Gasteiger partial charge in [-0.05, 0) is 57.0 Å². The van der Waals surface area contributed by atoms with Crippen LogP contribution in [0.2, 0.25) is 0 Å². The van der Waals surface area contributed by atoms with Gasteiger partial charge in [-0.2, -0.15) is 0 Å². The minimum atomic E-state index is -3.68. The molecule has 0 saturated heterocycles. The highest BCUT2D eigenvalue weighted by Crippen LogP contribution is 2.19. The highest BCUT2D eigenvalue weighted by atomic mass is 32.2. The van der Waals surface area contributed by atoms with Gasteiger partial charge in [-0.3, -0.25) is 4.72 Å². The number of hydrogen-bond acceptors (Lipinski definition) is 5. The molecule has 0 aliphatic carbocycles. The van der Waals surface area contributed by atoms with E-state index in [-0.39, 0.29) is 16.8 Å². The predicted molar refractivity (Wildman–Crippen MR) is 87.5 cm³/mol. The number of benzene rings is 1. The predicted octanol–water partition coefficient (Wildman–Crippen LogP) is 2.71. The molecule has 7 heteroatoms. The van der Waals surface area contributed by atoms with E-state index in [4.69, 9.17) is 0 Å². The Morgan fingerprint density at radius 1 is 1.00 bits per heavy atom. The quantitative estimate of drug-likeness (QED) is 0.885. The van der Waals surface area contributed by atoms with Gasteiger partial charge >= 0.3 is 0 Å². The fourth-order valence-electron chi connectivity index (χ4n) is 1.95. The maximum atomic E-state index is 12.4. The lowest BCUT2D eigenvalue weighted by Crippen LogP contribution is -2.16. The molecule has 0 spiro atoms. The molecule has 0 aliphatic rings. The smallest absolute Gasteiger partial charge is 0.263 e. The average Bonchev–Trinajstić information content (AvgIpc) is 2.43. The summed E-state index contributed by atoms with van der Waals surface area (Å²) in [5.74, 6) is 0.792. The van der Waals surface area contributed by atoms with Crippen molar-refractivity contribution in [1.29, 1.82) is 0 Å². The highest BCUT2D eigenvalue weighted by Gasteiger charge is 2.18. The number of nitrogens with zero attached hydrogens (tertiary/aromatic N) is 2. The first-order valence-electron chi connectivity index (χ1n) is 6.98. The van der Waals surface area contributed by atoms with Crippen molar-refractivity contribution in [2.75, 3.05) is 10.0 Å². The maximum absolute atomic E-state index is 12.4. The number of anilines is 2. The summed E-state index contributed by atoms with van der Waals surface area (Å²) in [6, 6.07) is 8.80. The van der Waals surface area contributed by atoms with Crippen LogP contribution in [-0.2, 0) is 10.0 Å². The summed E-state index contributed by atoms with van der Waals surface area (Å²) in [4.78, 5) is 0.249. The first kappa shape index (κ1) is 16.2. The minimum absolute atomic E-state index is 0.190. The molecule has 1 aromatic carbocycles. The molecule has 2 N–H and O–H groups in total. The molecule has 1 aromatic heterocycles. The van der Waals surface area contributed by atoms with Crippen molar-refractivity contribution in [2.24, 2.45) is 0 Å². The van der Waals surface area contributed by atoms with Gasteiger partial charge in [0, 0.05) is 6.04 Å². The van der Waals surface area contributed by atoms with Crippen molar-refractivity contribution in [3.63, 3.8) is 0 Å². The number of nitrogens with one attached hydrogen (secondary N) is 2. The number of sulfonamides is 1. The second-order valence-corrected chi connectivity index (χ2v) is 7.13. The van der Waals surface area contributed by atoms with Crippen LogP contribution in [0.25, 0.3) is 0 Å². The van der Waals surface area contributed by atoms with E-state index >= 15 is 0 Å². The van der Waals surface area contributed by atoms with Crippen LogP contribution in [0.15, 0.2) is 35.2 Å². The Hall–Kier alpha value is -2.15. The van der Waals surface area contributed by atoms with Gasteiger partial charge in [-0.1, -0.05) is 12.1 Å². The van der Waals surface area contributed by atoms with Crippen LogP contribution in [0.5, 0.6) is 0 Å². The van der Waals surface area contributed by atoms with Gasteiger partial charge in [-0.15, -0.1) is 10.2 Å². The monoisotopic (exact) mass is 320 g/mol. The normalized spacial score (nSPS) is 11.5. The van der Waals surface area contributed by atoms with E-state index in [1.807, 2.05) is 26.8 Å². The van der Waals surface area contributed by atoms with Gasteiger partial charge in [0.25, 0.3) is 10.0 Å². The number of aryl methyl sites for hydroxylation is 2. The summed E-state index contributed by atoms with van der Waals surface area (Å²) in [5.41, 5.74) is 1.57. The van der Waals surface area contributed by atoms with E-state index in [2.05, 4.69) is 20.2 Å². The summed E-state index contributed by atoms with van der Waals surface area (Å²) in [6.07, 6.45) is 0. The summed E-state index contributed by atoms with van der Waals surface area (Å²) in [7, 11) is -3.68. The fourth-order valence-corrected chi connectivity index (χ4v) is 3.28. The molecule has 0 atom stereocenters. The molecule has 0 unspecified atom stereocenters. The molecule has 2 rings (SSSR count). The molecule has 0 saturated carbocycles. The summed E-state index contributed by atoms with van der Waals surface area (Å²) < 4.78 is 27.3. The van der Waals surface area contributed by atoms with Crippen molar-refractivity contribution >= 4 is 21.7 Å². The van der Waals surface area contributed by atoms with Crippen molar-refractivity contribution < 1.29 is 8.42 Å². The van der Waals surface area contributed by atoms with Gasteiger partial charge in [0.15, 0.2) is 5.82 Å². The molecule has 22 heavy (non-hydrogen) atoms. The third kappa shape index (κ3) is 3.94. The largest absolute Gasteiger partial charge is 0.366 e. The van der Waals surface area contributed by atoms with Crippen LogP contribution in [-0.4, -0.2) is 24.7 Å². The van der Waals surface area contributed by atoms with E-state index in [1.165, 1.54) is 0 Å². The van der Waals surface area contributed by atoms with E-state index in [0.717, 1.165) is 5.56 Å². The number of hydrogen-bond donors (Lipinski definition) is 2. The van der Waals surface area contributed by atoms with Crippen LogP contribution in [0.3, 0.4) is 0 Å². The zero-order chi connectivity index (χ0) is 16.3. The molecule has 1 heterocycles. The molecule has 0 fully saturated rings.